The second kappa shape index (κ2) is 7.59. The van der Waals surface area contributed by atoms with Gasteiger partial charge >= 0.3 is 0 Å². The lowest BCUT2D eigenvalue weighted by Gasteiger charge is -2.17. The molecular weight excluding hydrogens is 310 g/mol. The first-order valence-electron chi connectivity index (χ1n) is 7.60. The number of thioether (sulfide) groups is 1. The topological polar surface area (TPSA) is 72.7 Å². The summed E-state index contributed by atoms with van der Waals surface area (Å²) in [6, 6.07) is 7.92. The summed E-state index contributed by atoms with van der Waals surface area (Å²) in [6.45, 7) is 9.18. The molecule has 0 aliphatic heterocycles. The van der Waals surface area contributed by atoms with Crippen molar-refractivity contribution in [3.63, 3.8) is 0 Å². The third-order valence-corrected chi connectivity index (χ3v) is 4.17. The Morgan fingerprint density at radius 1 is 1.26 bits per heavy atom. The Balaban J connectivity index is 1.88. The molecule has 0 radical (unpaired) electrons. The van der Waals surface area contributed by atoms with E-state index in [1.165, 1.54) is 17.3 Å². The molecule has 1 aromatic heterocycles. The second-order valence-electron chi connectivity index (χ2n) is 6.66. The van der Waals surface area contributed by atoms with E-state index in [9.17, 15) is 4.79 Å². The van der Waals surface area contributed by atoms with E-state index >= 15 is 0 Å². The molecule has 1 aromatic carbocycles. The van der Waals surface area contributed by atoms with E-state index in [0.717, 1.165) is 12.1 Å². The number of carbonyl (C=O) groups is 1. The fourth-order valence-corrected chi connectivity index (χ4v) is 2.60. The van der Waals surface area contributed by atoms with Crippen molar-refractivity contribution in [3.05, 3.63) is 29.8 Å². The average molecular weight is 333 g/mol. The molecule has 0 aliphatic rings. The van der Waals surface area contributed by atoms with Crippen LogP contribution in [-0.4, -0.2) is 38.4 Å². The van der Waals surface area contributed by atoms with Crippen molar-refractivity contribution in [1.29, 1.82) is 0 Å². The number of rotatable bonds is 6. The van der Waals surface area contributed by atoms with Gasteiger partial charge in [0.25, 0.3) is 0 Å². The Morgan fingerprint density at radius 2 is 1.96 bits per heavy atom. The van der Waals surface area contributed by atoms with Crippen LogP contribution in [-0.2, 0) is 4.79 Å². The number of nitrogens with zero attached hydrogens (tertiary/aromatic N) is 4. The predicted octanol–water partition coefficient (Wildman–Crippen LogP) is 2.62. The number of hydrogen-bond donors (Lipinski definition) is 1. The van der Waals surface area contributed by atoms with Crippen molar-refractivity contribution in [2.24, 2.45) is 5.41 Å². The Morgan fingerprint density at radius 3 is 2.61 bits per heavy atom. The summed E-state index contributed by atoms with van der Waals surface area (Å²) in [4.78, 5) is 11.9. The van der Waals surface area contributed by atoms with Crippen LogP contribution in [0.25, 0.3) is 5.69 Å². The summed E-state index contributed by atoms with van der Waals surface area (Å²) in [5.74, 6) is 0.300. The van der Waals surface area contributed by atoms with E-state index in [0.29, 0.717) is 17.5 Å². The minimum absolute atomic E-state index is 0.00212. The van der Waals surface area contributed by atoms with Gasteiger partial charge in [-0.3, -0.25) is 4.79 Å². The Bertz CT molecular complexity index is 645. The maximum atomic E-state index is 11.9. The molecule has 124 valence electrons. The number of nitrogens with one attached hydrogen (secondary N) is 1. The zero-order valence-electron chi connectivity index (χ0n) is 14.0. The first-order valence-corrected chi connectivity index (χ1v) is 8.59. The van der Waals surface area contributed by atoms with Crippen molar-refractivity contribution in [1.82, 2.24) is 25.5 Å². The molecule has 0 bridgehead atoms. The van der Waals surface area contributed by atoms with Gasteiger partial charge in [0.2, 0.25) is 11.1 Å². The van der Waals surface area contributed by atoms with Crippen molar-refractivity contribution in [2.45, 2.75) is 39.3 Å². The third kappa shape index (κ3) is 5.67. The fourth-order valence-electron chi connectivity index (χ4n) is 1.87. The Labute approximate surface area is 141 Å². The highest BCUT2D eigenvalue weighted by Gasteiger charge is 2.13. The number of amides is 1. The minimum Gasteiger partial charge on any atom is -0.355 e. The summed E-state index contributed by atoms with van der Waals surface area (Å²) in [6.07, 6.45) is 0.949. The number of aryl methyl sites for hydroxylation is 1. The molecule has 1 heterocycles. The Kier molecular flexibility index (Phi) is 5.76. The monoisotopic (exact) mass is 333 g/mol. The van der Waals surface area contributed by atoms with Crippen LogP contribution in [0.2, 0.25) is 0 Å². The first-order chi connectivity index (χ1) is 10.8. The summed E-state index contributed by atoms with van der Waals surface area (Å²) in [5, 5.41) is 15.2. The van der Waals surface area contributed by atoms with Crippen LogP contribution in [0.1, 0.15) is 32.8 Å². The minimum atomic E-state index is -0.00212. The highest BCUT2D eigenvalue weighted by atomic mass is 32.2. The smallest absolute Gasteiger partial charge is 0.230 e. The van der Waals surface area contributed by atoms with Crippen molar-refractivity contribution < 1.29 is 4.79 Å². The lowest BCUT2D eigenvalue weighted by Crippen LogP contribution is -2.28. The molecule has 0 saturated heterocycles. The number of tetrazole rings is 1. The molecule has 0 spiro atoms. The number of hydrogen-bond acceptors (Lipinski definition) is 5. The maximum absolute atomic E-state index is 11.9. The van der Waals surface area contributed by atoms with Gasteiger partial charge in [0.05, 0.1) is 11.4 Å². The lowest BCUT2D eigenvalue weighted by molar-refractivity contribution is -0.118. The van der Waals surface area contributed by atoms with E-state index in [1.807, 2.05) is 31.2 Å². The fraction of sp³-hybridized carbons (Fsp3) is 0.500. The van der Waals surface area contributed by atoms with E-state index in [4.69, 9.17) is 0 Å². The molecule has 23 heavy (non-hydrogen) atoms. The van der Waals surface area contributed by atoms with Gasteiger partial charge in [-0.2, -0.15) is 4.68 Å². The normalized spacial score (nSPS) is 11.5. The molecule has 6 nitrogen and oxygen atoms in total. The Hall–Kier alpha value is -1.89. The SMILES string of the molecule is Cc1ccc(-n2nnnc2SCC(=O)NCCC(C)(C)C)cc1. The molecule has 0 aliphatic carbocycles. The molecule has 2 rings (SSSR count). The van der Waals surface area contributed by atoms with E-state index in [1.54, 1.807) is 4.68 Å². The van der Waals surface area contributed by atoms with Crippen molar-refractivity contribution in [3.8, 4) is 5.69 Å². The highest BCUT2D eigenvalue weighted by molar-refractivity contribution is 7.99. The van der Waals surface area contributed by atoms with Crippen LogP contribution >= 0.6 is 11.8 Å². The van der Waals surface area contributed by atoms with Crippen LogP contribution < -0.4 is 5.32 Å². The number of carbonyl (C=O) groups excluding carboxylic acids is 1. The van der Waals surface area contributed by atoms with Crippen LogP contribution in [0.3, 0.4) is 0 Å². The van der Waals surface area contributed by atoms with Crippen molar-refractivity contribution >= 4 is 17.7 Å². The van der Waals surface area contributed by atoms with Crippen LogP contribution in [0, 0.1) is 12.3 Å². The maximum Gasteiger partial charge on any atom is 0.230 e. The van der Waals surface area contributed by atoms with Gasteiger partial charge in [0, 0.05) is 6.54 Å². The van der Waals surface area contributed by atoms with Gasteiger partial charge in [-0.25, -0.2) is 0 Å². The van der Waals surface area contributed by atoms with Gasteiger partial charge in [-0.1, -0.05) is 50.2 Å². The molecule has 0 atom stereocenters. The zero-order valence-corrected chi connectivity index (χ0v) is 14.9. The van der Waals surface area contributed by atoms with E-state index in [2.05, 4.69) is 41.6 Å². The molecule has 7 heteroatoms. The predicted molar refractivity (Wildman–Crippen MR) is 91.7 cm³/mol. The highest BCUT2D eigenvalue weighted by Crippen LogP contribution is 2.19. The summed E-state index contributed by atoms with van der Waals surface area (Å²) in [5.41, 5.74) is 2.28. The molecule has 1 N–H and O–H groups in total. The standard InChI is InChI=1S/C16H23N5OS/c1-12-5-7-13(8-6-12)21-15(18-19-20-21)23-11-14(22)17-10-9-16(2,3)4/h5-8H,9-11H2,1-4H3,(H,17,22). The van der Waals surface area contributed by atoms with Crippen molar-refractivity contribution in [2.75, 3.05) is 12.3 Å². The molecule has 2 aromatic rings. The second-order valence-corrected chi connectivity index (χ2v) is 7.60. The summed E-state index contributed by atoms with van der Waals surface area (Å²) in [7, 11) is 0. The van der Waals surface area contributed by atoms with E-state index < -0.39 is 0 Å². The molecular formula is C16H23N5OS. The van der Waals surface area contributed by atoms with Gasteiger partial charge in [0.15, 0.2) is 0 Å². The molecule has 0 unspecified atom stereocenters. The van der Waals surface area contributed by atoms with Gasteiger partial charge in [0.1, 0.15) is 0 Å². The quantitative estimate of drug-likeness (QED) is 0.823. The third-order valence-electron chi connectivity index (χ3n) is 3.25. The first kappa shape index (κ1) is 17.5. The van der Waals surface area contributed by atoms with Crippen LogP contribution in [0.4, 0.5) is 0 Å². The van der Waals surface area contributed by atoms with E-state index in [-0.39, 0.29) is 11.3 Å². The molecule has 1 amide bonds. The number of aromatic nitrogens is 4. The van der Waals surface area contributed by atoms with Gasteiger partial charge < -0.3 is 5.32 Å². The summed E-state index contributed by atoms with van der Waals surface area (Å²) < 4.78 is 1.65. The molecule has 0 saturated carbocycles. The van der Waals surface area contributed by atoms with Crippen LogP contribution in [0.5, 0.6) is 0 Å². The summed E-state index contributed by atoms with van der Waals surface area (Å²) >= 11 is 1.33. The molecule has 0 fully saturated rings. The van der Waals surface area contributed by atoms with Gasteiger partial charge in [-0.15, -0.1) is 5.10 Å². The van der Waals surface area contributed by atoms with Gasteiger partial charge in [-0.05, 0) is 41.3 Å². The largest absolute Gasteiger partial charge is 0.355 e. The number of benzene rings is 1. The average Bonchev–Trinajstić information content (AvgIpc) is 2.93. The van der Waals surface area contributed by atoms with Crippen LogP contribution in [0.15, 0.2) is 29.4 Å². The zero-order chi connectivity index (χ0) is 16.9. The lowest BCUT2D eigenvalue weighted by atomic mass is 9.92.